The third kappa shape index (κ3) is 4.18. The normalized spacial score (nSPS) is 26.2. The van der Waals surface area contributed by atoms with Crippen LogP contribution in [0.2, 0.25) is 0 Å². The van der Waals surface area contributed by atoms with E-state index in [0.717, 1.165) is 52.3 Å². The van der Waals surface area contributed by atoms with Gasteiger partial charge in [-0.05, 0) is 26.2 Å². The highest BCUT2D eigenvalue weighted by atomic mass is 16.5. The summed E-state index contributed by atoms with van der Waals surface area (Å²) in [4.78, 5) is 19.5. The molecule has 5 heteroatoms. The van der Waals surface area contributed by atoms with Crippen LogP contribution in [0.15, 0.2) is 0 Å². The second-order valence-corrected chi connectivity index (χ2v) is 6.29. The molecule has 0 radical (unpaired) electrons. The number of piperazine rings is 1. The highest BCUT2D eigenvalue weighted by Crippen LogP contribution is 2.18. The van der Waals surface area contributed by atoms with Crippen molar-refractivity contribution < 1.29 is 9.53 Å². The maximum Gasteiger partial charge on any atom is 0.239 e. The molecule has 2 saturated heterocycles. The monoisotopic (exact) mass is 297 g/mol. The molecule has 0 N–H and O–H groups in total. The largest absolute Gasteiger partial charge is 0.383 e. The first-order valence-corrected chi connectivity index (χ1v) is 8.43. The molecule has 122 valence electrons. The topological polar surface area (TPSA) is 36.0 Å². The Bertz CT molecular complexity index is 331. The van der Waals surface area contributed by atoms with Crippen molar-refractivity contribution in [1.82, 2.24) is 14.7 Å². The number of ether oxygens (including phenoxy) is 1. The van der Waals surface area contributed by atoms with Crippen LogP contribution < -0.4 is 0 Å². The van der Waals surface area contributed by atoms with Crippen LogP contribution in [0, 0.1) is 0 Å². The smallest absolute Gasteiger partial charge is 0.239 e. The van der Waals surface area contributed by atoms with Crippen LogP contribution in [0.5, 0.6) is 0 Å². The summed E-state index contributed by atoms with van der Waals surface area (Å²) in [5, 5.41) is 0. The predicted octanol–water partition coefficient (Wildman–Crippen LogP) is 1.04. The van der Waals surface area contributed by atoms with Crippen molar-refractivity contribution in [3.8, 4) is 0 Å². The Balaban J connectivity index is 1.88. The molecule has 0 aromatic rings. The number of hydrogen-bond acceptors (Lipinski definition) is 4. The van der Waals surface area contributed by atoms with Crippen LogP contribution in [0.3, 0.4) is 0 Å². The fraction of sp³-hybridized carbons (Fsp3) is 0.938. The minimum Gasteiger partial charge on any atom is -0.383 e. The van der Waals surface area contributed by atoms with Crippen molar-refractivity contribution in [2.45, 2.75) is 45.2 Å². The molecule has 0 saturated carbocycles. The summed E-state index contributed by atoms with van der Waals surface area (Å²) in [6.07, 6.45) is 3.46. The summed E-state index contributed by atoms with van der Waals surface area (Å²) in [7, 11) is 1.76. The van der Waals surface area contributed by atoms with Crippen LogP contribution >= 0.6 is 0 Å². The van der Waals surface area contributed by atoms with Crippen molar-refractivity contribution in [2.24, 2.45) is 0 Å². The highest BCUT2D eigenvalue weighted by Gasteiger charge is 2.33. The van der Waals surface area contributed by atoms with E-state index in [0.29, 0.717) is 11.9 Å². The molecule has 0 bridgehead atoms. The average molecular weight is 297 g/mol. The number of nitrogens with zero attached hydrogens (tertiary/aromatic N) is 3. The van der Waals surface area contributed by atoms with Crippen molar-refractivity contribution in [1.29, 1.82) is 0 Å². The number of amides is 1. The number of carbonyl (C=O) groups is 1. The average Bonchev–Trinajstić information content (AvgIpc) is 3.05. The highest BCUT2D eigenvalue weighted by molar-refractivity contribution is 5.81. The first-order valence-electron chi connectivity index (χ1n) is 8.43. The van der Waals surface area contributed by atoms with Crippen LogP contribution in [-0.2, 0) is 9.53 Å². The molecule has 2 fully saturated rings. The molecule has 5 nitrogen and oxygen atoms in total. The quantitative estimate of drug-likeness (QED) is 0.734. The van der Waals surface area contributed by atoms with Gasteiger partial charge in [0.15, 0.2) is 0 Å². The van der Waals surface area contributed by atoms with Gasteiger partial charge in [0.1, 0.15) is 0 Å². The summed E-state index contributed by atoms with van der Waals surface area (Å²) >= 11 is 0. The van der Waals surface area contributed by atoms with Gasteiger partial charge in [0.25, 0.3) is 0 Å². The second-order valence-electron chi connectivity index (χ2n) is 6.29. The van der Waals surface area contributed by atoms with Gasteiger partial charge < -0.3 is 9.64 Å². The number of likely N-dealkylation sites (tertiary alicyclic amines) is 1. The van der Waals surface area contributed by atoms with Crippen molar-refractivity contribution in [2.75, 3.05) is 53.0 Å². The van der Waals surface area contributed by atoms with Crippen LogP contribution in [0.25, 0.3) is 0 Å². The van der Waals surface area contributed by atoms with Crippen molar-refractivity contribution in [3.05, 3.63) is 0 Å². The van der Waals surface area contributed by atoms with E-state index in [4.69, 9.17) is 4.74 Å². The second kappa shape index (κ2) is 8.11. The third-order valence-corrected chi connectivity index (χ3v) is 5.01. The number of hydrogen-bond donors (Lipinski definition) is 0. The zero-order valence-electron chi connectivity index (χ0n) is 13.9. The summed E-state index contributed by atoms with van der Waals surface area (Å²) in [6, 6.07) is 0.574. The lowest BCUT2D eigenvalue weighted by atomic mass is 10.1. The lowest BCUT2D eigenvalue weighted by molar-refractivity contribution is -0.136. The Kier molecular flexibility index (Phi) is 6.45. The van der Waals surface area contributed by atoms with Gasteiger partial charge in [0.05, 0.1) is 12.6 Å². The van der Waals surface area contributed by atoms with Crippen molar-refractivity contribution in [3.63, 3.8) is 0 Å². The molecule has 2 aliphatic rings. The Morgan fingerprint density at radius 3 is 2.57 bits per heavy atom. The zero-order valence-corrected chi connectivity index (χ0v) is 13.9. The minimum atomic E-state index is 0.0294. The van der Waals surface area contributed by atoms with E-state index in [9.17, 15) is 4.79 Å². The zero-order chi connectivity index (χ0) is 15.2. The molecule has 0 unspecified atom stereocenters. The summed E-state index contributed by atoms with van der Waals surface area (Å²) in [5.41, 5.74) is 0. The fourth-order valence-corrected chi connectivity index (χ4v) is 3.52. The van der Waals surface area contributed by atoms with Crippen LogP contribution in [0.1, 0.15) is 33.1 Å². The van der Waals surface area contributed by atoms with E-state index >= 15 is 0 Å². The number of carbonyl (C=O) groups excluding carboxylic acids is 1. The maximum atomic E-state index is 12.5. The lowest BCUT2D eigenvalue weighted by Crippen LogP contribution is -2.58. The molecule has 2 rings (SSSR count). The van der Waals surface area contributed by atoms with Crippen LogP contribution in [0.4, 0.5) is 0 Å². The first kappa shape index (κ1) is 16.7. The standard InChI is InChI=1S/C16H31N3O2/c1-4-15-13-19(10-9-17(15)11-12-21-3)14(2)16(20)18-7-5-6-8-18/h14-15H,4-13H2,1-3H3/t14-,15-/m1/s1. The van der Waals surface area contributed by atoms with Gasteiger partial charge in [-0.15, -0.1) is 0 Å². The number of rotatable bonds is 6. The Morgan fingerprint density at radius 2 is 1.95 bits per heavy atom. The Hall–Kier alpha value is -0.650. The molecule has 0 aliphatic carbocycles. The summed E-state index contributed by atoms with van der Waals surface area (Å²) in [5.74, 6) is 0.327. The molecule has 0 aromatic carbocycles. The minimum absolute atomic E-state index is 0.0294. The molecular weight excluding hydrogens is 266 g/mol. The SMILES string of the molecule is CC[C@@H]1CN([C@H](C)C(=O)N2CCCC2)CCN1CCOC. The van der Waals surface area contributed by atoms with Gasteiger partial charge in [-0.2, -0.15) is 0 Å². The van der Waals surface area contributed by atoms with Gasteiger partial charge >= 0.3 is 0 Å². The molecule has 2 aliphatic heterocycles. The molecule has 21 heavy (non-hydrogen) atoms. The molecule has 0 aromatic heterocycles. The third-order valence-electron chi connectivity index (χ3n) is 5.01. The lowest BCUT2D eigenvalue weighted by Gasteiger charge is -2.43. The molecule has 0 spiro atoms. The van der Waals surface area contributed by atoms with E-state index in [2.05, 4.69) is 23.6 Å². The molecule has 1 amide bonds. The van der Waals surface area contributed by atoms with E-state index < -0.39 is 0 Å². The van der Waals surface area contributed by atoms with E-state index in [1.54, 1.807) is 7.11 Å². The van der Waals surface area contributed by atoms with Gasteiger partial charge in [0, 0.05) is 52.4 Å². The summed E-state index contributed by atoms with van der Waals surface area (Å²) in [6.45, 7) is 11.0. The number of methoxy groups -OCH3 is 1. The van der Waals surface area contributed by atoms with E-state index in [-0.39, 0.29) is 6.04 Å². The molecular formula is C16H31N3O2. The van der Waals surface area contributed by atoms with Gasteiger partial charge in [0.2, 0.25) is 5.91 Å². The Morgan fingerprint density at radius 1 is 1.24 bits per heavy atom. The van der Waals surface area contributed by atoms with Gasteiger partial charge in [-0.25, -0.2) is 0 Å². The van der Waals surface area contributed by atoms with Crippen molar-refractivity contribution >= 4 is 5.91 Å². The van der Waals surface area contributed by atoms with Crippen LogP contribution in [-0.4, -0.2) is 85.7 Å². The van der Waals surface area contributed by atoms with Gasteiger partial charge in [-0.3, -0.25) is 14.6 Å². The van der Waals surface area contributed by atoms with E-state index in [1.807, 2.05) is 4.90 Å². The van der Waals surface area contributed by atoms with E-state index in [1.165, 1.54) is 12.8 Å². The summed E-state index contributed by atoms with van der Waals surface area (Å²) < 4.78 is 5.20. The predicted molar refractivity (Wildman–Crippen MR) is 84.4 cm³/mol. The fourth-order valence-electron chi connectivity index (χ4n) is 3.52. The molecule has 2 atom stereocenters. The first-order chi connectivity index (χ1) is 10.2. The maximum absolute atomic E-state index is 12.5. The Labute approximate surface area is 129 Å². The van der Waals surface area contributed by atoms with Gasteiger partial charge in [-0.1, -0.05) is 6.92 Å². The molecule has 2 heterocycles.